The Morgan fingerprint density at radius 2 is 1.93 bits per heavy atom. The fourth-order valence-corrected chi connectivity index (χ4v) is 0.745. The minimum absolute atomic E-state index is 0.167. The van der Waals surface area contributed by atoms with E-state index in [4.69, 9.17) is 14.6 Å². The molecule has 0 spiro atoms. The molecule has 0 atom stereocenters. The van der Waals surface area contributed by atoms with Crippen molar-refractivity contribution in [1.29, 1.82) is 0 Å². The summed E-state index contributed by atoms with van der Waals surface area (Å²) in [6.07, 6.45) is 0. The highest BCUT2D eigenvalue weighted by Gasteiger charge is 2.28. The molecule has 0 aliphatic rings. The predicted octanol–water partition coefficient (Wildman–Crippen LogP) is -0.371. The Labute approximate surface area is 88.6 Å². The van der Waals surface area contributed by atoms with Gasteiger partial charge in [-0.3, -0.25) is 4.79 Å². The minimum Gasteiger partial charge on any atom is -0.480 e. The highest BCUT2D eigenvalue weighted by atomic mass is 16.5. The van der Waals surface area contributed by atoms with Crippen molar-refractivity contribution in [1.82, 2.24) is 5.32 Å². The first-order valence-corrected chi connectivity index (χ1v) is 4.51. The fourth-order valence-electron chi connectivity index (χ4n) is 0.745. The first-order chi connectivity index (χ1) is 6.90. The fraction of sp³-hybridized carbons (Fsp3) is 0.778. The molecule has 0 aromatic carbocycles. The summed E-state index contributed by atoms with van der Waals surface area (Å²) < 4.78 is 9.64. The maximum Gasteiger partial charge on any atom is 0.328 e. The zero-order valence-electron chi connectivity index (χ0n) is 9.20. The molecule has 88 valence electrons. The van der Waals surface area contributed by atoms with E-state index in [1.807, 2.05) is 0 Å². The van der Waals surface area contributed by atoms with Crippen LogP contribution in [-0.2, 0) is 19.1 Å². The second-order valence-corrected chi connectivity index (χ2v) is 3.52. The third-order valence-corrected chi connectivity index (χ3v) is 1.65. The molecular formula is C9H17NO5. The summed E-state index contributed by atoms with van der Waals surface area (Å²) in [5.74, 6) is -1.55. The summed E-state index contributed by atoms with van der Waals surface area (Å²) in [5, 5.41) is 11.1. The van der Waals surface area contributed by atoms with E-state index in [0.29, 0.717) is 13.2 Å². The van der Waals surface area contributed by atoms with Gasteiger partial charge in [-0.15, -0.1) is 0 Å². The van der Waals surface area contributed by atoms with Crippen LogP contribution in [-0.4, -0.2) is 49.5 Å². The normalized spacial score (nSPS) is 11.1. The predicted molar refractivity (Wildman–Crippen MR) is 52.6 cm³/mol. The van der Waals surface area contributed by atoms with E-state index in [9.17, 15) is 9.59 Å². The van der Waals surface area contributed by atoms with Crippen molar-refractivity contribution in [2.75, 3.05) is 26.9 Å². The van der Waals surface area contributed by atoms with Gasteiger partial charge in [-0.2, -0.15) is 0 Å². The van der Waals surface area contributed by atoms with Crippen molar-refractivity contribution in [3.8, 4) is 0 Å². The van der Waals surface area contributed by atoms with Gasteiger partial charge in [0.05, 0.1) is 13.2 Å². The number of carboxylic acid groups (broad SMARTS) is 1. The van der Waals surface area contributed by atoms with Crippen LogP contribution in [0.1, 0.15) is 13.8 Å². The van der Waals surface area contributed by atoms with Crippen molar-refractivity contribution in [3.05, 3.63) is 0 Å². The summed E-state index contributed by atoms with van der Waals surface area (Å²) in [7, 11) is 1.52. The average Bonchev–Trinajstić information content (AvgIpc) is 2.11. The number of amides is 1. The summed E-state index contributed by atoms with van der Waals surface area (Å²) in [6.45, 7) is 3.35. The molecule has 0 saturated heterocycles. The first kappa shape index (κ1) is 13.9. The lowest BCUT2D eigenvalue weighted by molar-refractivity contribution is -0.146. The van der Waals surface area contributed by atoms with Gasteiger partial charge in [0, 0.05) is 7.11 Å². The van der Waals surface area contributed by atoms with Gasteiger partial charge in [-0.05, 0) is 13.8 Å². The summed E-state index contributed by atoms with van der Waals surface area (Å²) in [5.41, 5.74) is -1.28. The first-order valence-electron chi connectivity index (χ1n) is 4.51. The molecule has 2 N–H and O–H groups in total. The molecule has 0 aromatic heterocycles. The lowest BCUT2D eigenvalue weighted by atomic mass is 10.1. The molecule has 1 amide bonds. The maximum atomic E-state index is 11.2. The molecule has 0 aliphatic carbocycles. The number of carboxylic acids is 1. The molecule has 0 heterocycles. The Hall–Kier alpha value is -1.14. The van der Waals surface area contributed by atoms with E-state index >= 15 is 0 Å². The third-order valence-electron chi connectivity index (χ3n) is 1.65. The smallest absolute Gasteiger partial charge is 0.328 e. The van der Waals surface area contributed by atoms with Gasteiger partial charge in [-0.25, -0.2) is 4.79 Å². The maximum absolute atomic E-state index is 11.2. The number of carbonyl (C=O) groups excluding carboxylic acids is 1. The number of methoxy groups -OCH3 is 1. The summed E-state index contributed by atoms with van der Waals surface area (Å²) in [6, 6.07) is 0. The van der Waals surface area contributed by atoms with Crippen LogP contribution in [0.5, 0.6) is 0 Å². The highest BCUT2D eigenvalue weighted by Crippen LogP contribution is 2.00. The molecule has 0 aliphatic heterocycles. The van der Waals surface area contributed by atoms with Crippen LogP contribution in [0.25, 0.3) is 0 Å². The monoisotopic (exact) mass is 219 g/mol. The Bertz CT molecular complexity index is 227. The van der Waals surface area contributed by atoms with Crippen LogP contribution in [0, 0.1) is 0 Å². The van der Waals surface area contributed by atoms with Crippen LogP contribution in [0.15, 0.2) is 0 Å². The van der Waals surface area contributed by atoms with Crippen LogP contribution in [0.2, 0.25) is 0 Å². The van der Waals surface area contributed by atoms with E-state index in [2.05, 4.69) is 5.32 Å². The van der Waals surface area contributed by atoms with E-state index < -0.39 is 17.4 Å². The second-order valence-electron chi connectivity index (χ2n) is 3.52. The van der Waals surface area contributed by atoms with E-state index in [0.717, 1.165) is 0 Å². The molecule has 6 nitrogen and oxygen atoms in total. The van der Waals surface area contributed by atoms with Crippen LogP contribution >= 0.6 is 0 Å². The second kappa shape index (κ2) is 6.36. The standard InChI is InChI=1S/C9H17NO5/c1-9(2,8(12)13)10-7(11)6-15-5-4-14-3/h4-6H2,1-3H3,(H,10,11)(H,12,13). The Balaban J connectivity index is 3.79. The summed E-state index contributed by atoms with van der Waals surface area (Å²) >= 11 is 0. The van der Waals surface area contributed by atoms with Crippen molar-refractivity contribution < 1.29 is 24.2 Å². The van der Waals surface area contributed by atoms with Crippen molar-refractivity contribution in [3.63, 3.8) is 0 Å². The lowest BCUT2D eigenvalue weighted by Gasteiger charge is -2.20. The van der Waals surface area contributed by atoms with Gasteiger partial charge in [0.2, 0.25) is 5.91 Å². The van der Waals surface area contributed by atoms with Crippen molar-refractivity contribution in [2.45, 2.75) is 19.4 Å². The zero-order valence-corrected chi connectivity index (χ0v) is 9.20. The third kappa shape index (κ3) is 6.03. The molecule has 0 bridgehead atoms. The van der Waals surface area contributed by atoms with Gasteiger partial charge in [0.1, 0.15) is 12.1 Å². The number of carbonyl (C=O) groups is 2. The topological polar surface area (TPSA) is 84.9 Å². The van der Waals surface area contributed by atoms with Crippen LogP contribution < -0.4 is 5.32 Å². The Morgan fingerprint density at radius 3 is 2.40 bits per heavy atom. The van der Waals surface area contributed by atoms with Crippen LogP contribution in [0.3, 0.4) is 0 Å². The van der Waals surface area contributed by atoms with Gasteiger partial charge >= 0.3 is 5.97 Å². The molecule has 0 fully saturated rings. The van der Waals surface area contributed by atoms with Crippen LogP contribution in [0.4, 0.5) is 0 Å². The van der Waals surface area contributed by atoms with Crippen molar-refractivity contribution in [2.24, 2.45) is 0 Å². The molecular weight excluding hydrogens is 202 g/mol. The molecule has 0 saturated carbocycles. The molecule has 0 rings (SSSR count). The van der Waals surface area contributed by atoms with Gasteiger partial charge in [-0.1, -0.05) is 0 Å². The number of aliphatic carboxylic acids is 1. The quantitative estimate of drug-likeness (QED) is 0.570. The number of ether oxygens (including phenoxy) is 2. The minimum atomic E-state index is -1.28. The summed E-state index contributed by atoms with van der Waals surface area (Å²) in [4.78, 5) is 21.8. The molecule has 15 heavy (non-hydrogen) atoms. The molecule has 0 unspecified atom stereocenters. The SMILES string of the molecule is COCCOCC(=O)NC(C)(C)C(=O)O. The lowest BCUT2D eigenvalue weighted by Crippen LogP contribution is -2.50. The van der Waals surface area contributed by atoms with Gasteiger partial charge in [0.15, 0.2) is 0 Å². The molecule has 0 aromatic rings. The van der Waals surface area contributed by atoms with E-state index in [1.54, 1.807) is 0 Å². The zero-order chi connectivity index (χ0) is 11.9. The molecule has 6 heteroatoms. The van der Waals surface area contributed by atoms with E-state index in [-0.39, 0.29) is 6.61 Å². The highest BCUT2D eigenvalue weighted by molar-refractivity contribution is 5.86. The number of hydrogen-bond acceptors (Lipinski definition) is 4. The Kier molecular flexibility index (Phi) is 5.88. The largest absolute Gasteiger partial charge is 0.480 e. The Morgan fingerprint density at radius 1 is 1.33 bits per heavy atom. The average molecular weight is 219 g/mol. The number of nitrogens with one attached hydrogen (secondary N) is 1. The number of rotatable bonds is 7. The van der Waals surface area contributed by atoms with Gasteiger partial charge < -0.3 is 19.9 Å². The van der Waals surface area contributed by atoms with Gasteiger partial charge in [0.25, 0.3) is 0 Å². The molecule has 0 radical (unpaired) electrons. The van der Waals surface area contributed by atoms with Crippen molar-refractivity contribution >= 4 is 11.9 Å². The number of hydrogen-bond donors (Lipinski definition) is 2. The van der Waals surface area contributed by atoms with E-state index in [1.165, 1.54) is 21.0 Å².